The van der Waals surface area contributed by atoms with Crippen molar-refractivity contribution in [3.8, 4) is 6.07 Å². The number of hydrogen-bond donors (Lipinski definition) is 1. The van der Waals surface area contributed by atoms with E-state index in [1.54, 1.807) is 35.9 Å². The van der Waals surface area contributed by atoms with Gasteiger partial charge in [0.25, 0.3) is 0 Å². The number of benzene rings is 1. The van der Waals surface area contributed by atoms with E-state index < -0.39 is 0 Å². The van der Waals surface area contributed by atoms with Crippen LogP contribution in [-0.4, -0.2) is 53.5 Å². The van der Waals surface area contributed by atoms with Crippen LogP contribution in [0.4, 0.5) is 11.5 Å². The molecule has 1 saturated heterocycles. The van der Waals surface area contributed by atoms with Gasteiger partial charge in [-0.15, -0.1) is 11.3 Å². The van der Waals surface area contributed by atoms with Crippen LogP contribution >= 0.6 is 11.3 Å². The fourth-order valence-corrected chi connectivity index (χ4v) is 4.10. The number of carbonyl (C=O) groups is 1. The molecule has 0 spiro atoms. The Hall–Kier alpha value is -3.02. The van der Waals surface area contributed by atoms with E-state index in [4.69, 9.17) is 5.26 Å². The highest BCUT2D eigenvalue weighted by Crippen LogP contribution is 2.27. The number of para-hydroxylation sites is 1. The molecule has 0 atom stereocenters. The van der Waals surface area contributed by atoms with Gasteiger partial charge in [-0.3, -0.25) is 9.69 Å². The first-order valence-corrected chi connectivity index (χ1v) is 10.1. The van der Waals surface area contributed by atoms with Gasteiger partial charge >= 0.3 is 0 Å². The number of aromatic nitrogens is 2. The number of anilines is 2. The minimum absolute atomic E-state index is 0.0686. The summed E-state index contributed by atoms with van der Waals surface area (Å²) in [6.07, 6.45) is 2.03. The second-order valence-electron chi connectivity index (χ2n) is 6.62. The first-order chi connectivity index (χ1) is 13.7. The zero-order valence-corrected chi connectivity index (χ0v) is 16.2. The van der Waals surface area contributed by atoms with E-state index in [0.717, 1.165) is 42.2 Å². The quantitative estimate of drug-likeness (QED) is 0.719. The van der Waals surface area contributed by atoms with Crippen molar-refractivity contribution in [3.05, 3.63) is 47.6 Å². The van der Waals surface area contributed by atoms with Gasteiger partial charge in [-0.25, -0.2) is 9.97 Å². The van der Waals surface area contributed by atoms with Crippen LogP contribution in [0.1, 0.15) is 12.0 Å². The number of nitriles is 1. The third-order valence-electron chi connectivity index (χ3n) is 4.89. The maximum absolute atomic E-state index is 12.3. The van der Waals surface area contributed by atoms with E-state index in [1.165, 1.54) is 0 Å². The molecule has 3 aromatic rings. The maximum atomic E-state index is 12.3. The summed E-state index contributed by atoms with van der Waals surface area (Å²) >= 11 is 1.63. The zero-order valence-electron chi connectivity index (χ0n) is 15.3. The van der Waals surface area contributed by atoms with Crippen molar-refractivity contribution < 1.29 is 4.79 Å². The summed E-state index contributed by atoms with van der Waals surface area (Å²) in [5.74, 6) is 0.928. The summed E-state index contributed by atoms with van der Waals surface area (Å²) in [6.45, 7) is 4.23. The van der Waals surface area contributed by atoms with Gasteiger partial charge in [0.2, 0.25) is 5.91 Å². The number of nitrogens with zero attached hydrogens (tertiary/aromatic N) is 5. The second kappa shape index (κ2) is 8.33. The summed E-state index contributed by atoms with van der Waals surface area (Å²) in [6, 6.07) is 11.2. The molecule has 2 aromatic heterocycles. The van der Waals surface area contributed by atoms with Gasteiger partial charge < -0.3 is 10.2 Å². The van der Waals surface area contributed by atoms with Crippen LogP contribution in [0.5, 0.6) is 0 Å². The van der Waals surface area contributed by atoms with Crippen LogP contribution in [0.2, 0.25) is 0 Å². The molecular weight excluding hydrogens is 372 g/mol. The van der Waals surface area contributed by atoms with E-state index in [2.05, 4.69) is 37.2 Å². The lowest BCUT2D eigenvalue weighted by atomic mass is 10.2. The molecule has 1 fully saturated rings. The van der Waals surface area contributed by atoms with Crippen LogP contribution in [0.25, 0.3) is 10.2 Å². The van der Waals surface area contributed by atoms with E-state index in [0.29, 0.717) is 24.2 Å². The van der Waals surface area contributed by atoms with Crippen LogP contribution in [0.3, 0.4) is 0 Å². The minimum atomic E-state index is -0.0686. The van der Waals surface area contributed by atoms with Gasteiger partial charge in [0, 0.05) is 39.1 Å². The maximum Gasteiger partial charge on any atom is 0.225 e. The van der Waals surface area contributed by atoms with Crippen molar-refractivity contribution in [2.75, 3.05) is 42.9 Å². The van der Waals surface area contributed by atoms with E-state index in [9.17, 15) is 4.79 Å². The predicted molar refractivity (Wildman–Crippen MR) is 110 cm³/mol. The number of piperazine rings is 1. The molecule has 1 N–H and O–H groups in total. The second-order valence-corrected chi connectivity index (χ2v) is 7.52. The van der Waals surface area contributed by atoms with Gasteiger partial charge in [-0.2, -0.15) is 5.26 Å². The van der Waals surface area contributed by atoms with Crippen LogP contribution in [0.15, 0.2) is 42.0 Å². The Morgan fingerprint density at radius 1 is 1.18 bits per heavy atom. The average molecular weight is 392 g/mol. The SMILES string of the molecule is N#Cc1ccccc1NC(=O)CCN1CCN(c2ncnc3sccc23)CC1. The highest BCUT2D eigenvalue weighted by molar-refractivity contribution is 7.16. The van der Waals surface area contributed by atoms with Gasteiger partial charge in [0.15, 0.2) is 0 Å². The normalized spacial score (nSPS) is 14.8. The molecule has 0 saturated carbocycles. The minimum Gasteiger partial charge on any atom is -0.353 e. The first kappa shape index (κ1) is 18.3. The molecule has 7 nitrogen and oxygen atoms in total. The molecule has 3 heterocycles. The molecule has 0 bridgehead atoms. The van der Waals surface area contributed by atoms with Crippen LogP contribution in [0, 0.1) is 11.3 Å². The molecule has 1 aromatic carbocycles. The first-order valence-electron chi connectivity index (χ1n) is 9.19. The standard InChI is InChI=1S/C20H20N6OS/c21-13-15-3-1-2-4-17(15)24-18(27)5-7-25-8-10-26(11-9-25)19-16-6-12-28-20(16)23-14-22-19/h1-4,6,12,14H,5,7-11H2,(H,24,27). The lowest BCUT2D eigenvalue weighted by Gasteiger charge is -2.35. The number of nitrogens with one attached hydrogen (secondary N) is 1. The molecule has 0 unspecified atom stereocenters. The van der Waals surface area contributed by atoms with Crippen LogP contribution < -0.4 is 10.2 Å². The van der Waals surface area contributed by atoms with Crippen molar-refractivity contribution in [1.29, 1.82) is 5.26 Å². The average Bonchev–Trinajstić information content (AvgIpc) is 3.22. The molecule has 0 radical (unpaired) electrons. The summed E-state index contributed by atoms with van der Waals surface area (Å²) in [4.78, 5) is 26.6. The topological polar surface area (TPSA) is 85.2 Å². The Kier molecular flexibility index (Phi) is 5.46. The summed E-state index contributed by atoms with van der Waals surface area (Å²) < 4.78 is 0. The third-order valence-corrected chi connectivity index (χ3v) is 5.71. The lowest BCUT2D eigenvalue weighted by molar-refractivity contribution is -0.116. The van der Waals surface area contributed by atoms with Crippen molar-refractivity contribution >= 4 is 39.0 Å². The smallest absolute Gasteiger partial charge is 0.225 e. The fourth-order valence-electron chi connectivity index (χ4n) is 3.37. The van der Waals surface area contributed by atoms with Crippen molar-refractivity contribution in [1.82, 2.24) is 14.9 Å². The highest BCUT2D eigenvalue weighted by atomic mass is 32.1. The molecule has 1 aliphatic rings. The summed E-state index contributed by atoms with van der Waals surface area (Å²) in [7, 11) is 0. The molecule has 1 amide bonds. The van der Waals surface area contributed by atoms with Gasteiger partial charge in [0.05, 0.1) is 16.6 Å². The molecule has 28 heavy (non-hydrogen) atoms. The Morgan fingerprint density at radius 2 is 2.00 bits per heavy atom. The molecule has 4 rings (SSSR count). The fraction of sp³-hybridized carbons (Fsp3) is 0.300. The van der Waals surface area contributed by atoms with Gasteiger partial charge in [-0.05, 0) is 23.6 Å². The highest BCUT2D eigenvalue weighted by Gasteiger charge is 2.20. The Labute approximate surface area is 167 Å². The number of carbonyl (C=O) groups excluding carboxylic acids is 1. The summed E-state index contributed by atoms with van der Waals surface area (Å²) in [5.41, 5.74) is 1.05. The van der Waals surface area contributed by atoms with Gasteiger partial charge in [-0.1, -0.05) is 12.1 Å². The molecule has 142 valence electrons. The van der Waals surface area contributed by atoms with Crippen molar-refractivity contribution in [2.45, 2.75) is 6.42 Å². The Morgan fingerprint density at radius 3 is 2.82 bits per heavy atom. The van der Waals surface area contributed by atoms with E-state index in [1.807, 2.05) is 11.4 Å². The third kappa shape index (κ3) is 3.96. The van der Waals surface area contributed by atoms with E-state index in [-0.39, 0.29) is 5.91 Å². The predicted octanol–water partition coefficient (Wildman–Crippen LogP) is 2.71. The Bertz CT molecular complexity index is 1020. The number of amides is 1. The molecule has 1 aliphatic heterocycles. The van der Waals surface area contributed by atoms with Gasteiger partial charge in [0.1, 0.15) is 23.0 Å². The largest absolute Gasteiger partial charge is 0.353 e. The number of fused-ring (bicyclic) bond motifs is 1. The zero-order chi connectivity index (χ0) is 19.3. The number of thiophene rings is 1. The molecule has 0 aliphatic carbocycles. The van der Waals surface area contributed by atoms with E-state index >= 15 is 0 Å². The summed E-state index contributed by atoms with van der Waals surface area (Å²) in [5, 5.41) is 15.1. The Balaban J connectivity index is 1.28. The monoisotopic (exact) mass is 392 g/mol. The molecule has 8 heteroatoms. The molecular formula is C20H20N6OS. The van der Waals surface area contributed by atoms with Crippen molar-refractivity contribution in [2.24, 2.45) is 0 Å². The lowest BCUT2D eigenvalue weighted by Crippen LogP contribution is -2.47. The number of rotatable bonds is 5. The number of hydrogen-bond acceptors (Lipinski definition) is 7. The van der Waals surface area contributed by atoms with Crippen LogP contribution in [-0.2, 0) is 4.79 Å². The van der Waals surface area contributed by atoms with Crippen molar-refractivity contribution in [3.63, 3.8) is 0 Å².